The van der Waals surface area contributed by atoms with Crippen LogP contribution in [0.3, 0.4) is 0 Å². The molecule has 0 spiro atoms. The number of unbranched alkanes of at least 4 members (excludes halogenated alkanes) is 2. The predicted octanol–water partition coefficient (Wildman–Crippen LogP) is 2.84. The molecule has 0 aromatic rings. The summed E-state index contributed by atoms with van der Waals surface area (Å²) in [6.07, 6.45) is 7.87. The molecule has 16 heavy (non-hydrogen) atoms. The lowest BCUT2D eigenvalue weighted by atomic mass is 9.87. The lowest BCUT2D eigenvalue weighted by molar-refractivity contribution is -0.150. The van der Waals surface area contributed by atoms with Gasteiger partial charge in [0.05, 0.1) is 18.1 Å². The molecule has 1 aliphatic carbocycles. The van der Waals surface area contributed by atoms with E-state index in [0.717, 1.165) is 38.5 Å². The number of fused-ring (bicyclic) bond motifs is 2. The fourth-order valence-corrected chi connectivity index (χ4v) is 3.19. The summed E-state index contributed by atoms with van der Waals surface area (Å²) in [4.78, 5) is 11.3. The minimum atomic E-state index is -0.659. The van der Waals surface area contributed by atoms with Gasteiger partial charge in [-0.25, -0.2) is 0 Å². The Morgan fingerprint density at radius 2 is 2.25 bits per heavy atom. The van der Waals surface area contributed by atoms with E-state index in [9.17, 15) is 9.90 Å². The van der Waals surface area contributed by atoms with E-state index < -0.39 is 5.97 Å². The molecule has 3 nitrogen and oxygen atoms in total. The van der Waals surface area contributed by atoms with Gasteiger partial charge < -0.3 is 9.84 Å². The van der Waals surface area contributed by atoms with Gasteiger partial charge in [0.1, 0.15) is 0 Å². The van der Waals surface area contributed by atoms with Crippen LogP contribution >= 0.6 is 0 Å². The van der Waals surface area contributed by atoms with E-state index >= 15 is 0 Å². The van der Waals surface area contributed by atoms with Crippen LogP contribution in [0.1, 0.15) is 51.9 Å². The average Bonchev–Trinajstić information content (AvgIpc) is 2.85. The molecule has 1 aliphatic heterocycles. The van der Waals surface area contributed by atoms with Crippen LogP contribution in [0.15, 0.2) is 0 Å². The monoisotopic (exact) mass is 226 g/mol. The largest absolute Gasteiger partial charge is 0.481 e. The molecular formula is C13H22O3. The third kappa shape index (κ3) is 2.40. The molecular weight excluding hydrogens is 204 g/mol. The maximum atomic E-state index is 11.3. The molecule has 0 aromatic heterocycles. The van der Waals surface area contributed by atoms with Crippen molar-refractivity contribution in [3.05, 3.63) is 0 Å². The first-order valence-electron chi connectivity index (χ1n) is 6.60. The summed E-state index contributed by atoms with van der Waals surface area (Å²) in [6, 6.07) is 0. The summed E-state index contributed by atoms with van der Waals surface area (Å²) >= 11 is 0. The van der Waals surface area contributed by atoms with E-state index in [4.69, 9.17) is 4.74 Å². The standard InChI is InChI=1S/C13H22O3/c1-2-3-4-5-11(13(14)15)12-9-6-7-10(8-9)16-12/h9-12H,2-8H2,1H3,(H,14,15). The molecule has 4 unspecified atom stereocenters. The highest BCUT2D eigenvalue weighted by molar-refractivity contribution is 5.70. The zero-order valence-corrected chi connectivity index (χ0v) is 10.0. The van der Waals surface area contributed by atoms with Gasteiger partial charge >= 0.3 is 5.97 Å². The number of carbonyl (C=O) groups is 1. The number of carboxylic acid groups (broad SMARTS) is 1. The molecule has 2 fully saturated rings. The smallest absolute Gasteiger partial charge is 0.309 e. The Hall–Kier alpha value is -0.570. The van der Waals surface area contributed by atoms with Crippen LogP contribution < -0.4 is 0 Å². The second kappa shape index (κ2) is 5.17. The van der Waals surface area contributed by atoms with Crippen molar-refractivity contribution in [2.24, 2.45) is 11.8 Å². The molecule has 1 saturated carbocycles. The van der Waals surface area contributed by atoms with E-state index in [2.05, 4.69) is 6.92 Å². The number of rotatable bonds is 6. The molecule has 2 bridgehead atoms. The van der Waals surface area contributed by atoms with Crippen molar-refractivity contribution in [2.75, 3.05) is 0 Å². The molecule has 0 aromatic carbocycles. The Kier molecular flexibility index (Phi) is 3.85. The highest BCUT2D eigenvalue weighted by Gasteiger charge is 2.46. The van der Waals surface area contributed by atoms with Crippen molar-refractivity contribution in [1.29, 1.82) is 0 Å². The fraction of sp³-hybridized carbons (Fsp3) is 0.923. The third-order valence-corrected chi connectivity index (χ3v) is 4.07. The first-order valence-corrected chi connectivity index (χ1v) is 6.60. The summed E-state index contributed by atoms with van der Waals surface area (Å²) < 4.78 is 5.83. The highest BCUT2D eigenvalue weighted by atomic mass is 16.5. The first-order chi connectivity index (χ1) is 7.72. The molecule has 1 heterocycles. The number of ether oxygens (including phenoxy) is 1. The van der Waals surface area contributed by atoms with Gasteiger partial charge in [0.2, 0.25) is 0 Å². The third-order valence-electron chi connectivity index (χ3n) is 4.07. The molecule has 4 atom stereocenters. The second-order valence-corrected chi connectivity index (χ2v) is 5.24. The molecule has 1 N–H and O–H groups in total. The summed E-state index contributed by atoms with van der Waals surface area (Å²) in [7, 11) is 0. The minimum Gasteiger partial charge on any atom is -0.481 e. The van der Waals surface area contributed by atoms with Crippen LogP contribution in [0.5, 0.6) is 0 Å². The normalized spacial score (nSPS) is 34.2. The zero-order chi connectivity index (χ0) is 11.5. The van der Waals surface area contributed by atoms with Crippen molar-refractivity contribution in [2.45, 2.75) is 64.1 Å². The molecule has 0 amide bonds. The Balaban J connectivity index is 1.89. The molecule has 3 heteroatoms. The van der Waals surface area contributed by atoms with Crippen molar-refractivity contribution in [3.8, 4) is 0 Å². The highest BCUT2D eigenvalue weighted by Crippen LogP contribution is 2.43. The summed E-state index contributed by atoms with van der Waals surface area (Å²) in [5.41, 5.74) is 0. The van der Waals surface area contributed by atoms with E-state index in [1.807, 2.05) is 0 Å². The van der Waals surface area contributed by atoms with Crippen LogP contribution in [0.25, 0.3) is 0 Å². The quantitative estimate of drug-likeness (QED) is 0.708. The van der Waals surface area contributed by atoms with E-state index in [0.29, 0.717) is 12.0 Å². The van der Waals surface area contributed by atoms with E-state index in [1.165, 1.54) is 6.42 Å². The lowest BCUT2D eigenvalue weighted by Crippen LogP contribution is -2.34. The topological polar surface area (TPSA) is 46.5 Å². The minimum absolute atomic E-state index is 0.00751. The number of carboxylic acids is 1. The van der Waals surface area contributed by atoms with Crippen LogP contribution in [0.4, 0.5) is 0 Å². The molecule has 0 radical (unpaired) electrons. The lowest BCUT2D eigenvalue weighted by Gasteiger charge is -2.27. The summed E-state index contributed by atoms with van der Waals surface area (Å²) in [5.74, 6) is -0.400. The van der Waals surface area contributed by atoms with Crippen LogP contribution in [0.2, 0.25) is 0 Å². The van der Waals surface area contributed by atoms with Crippen molar-refractivity contribution in [1.82, 2.24) is 0 Å². The van der Waals surface area contributed by atoms with Gasteiger partial charge in [-0.3, -0.25) is 4.79 Å². The van der Waals surface area contributed by atoms with Gasteiger partial charge in [-0.2, -0.15) is 0 Å². The van der Waals surface area contributed by atoms with Gasteiger partial charge in [0.25, 0.3) is 0 Å². The van der Waals surface area contributed by atoms with Gasteiger partial charge in [-0.15, -0.1) is 0 Å². The van der Waals surface area contributed by atoms with E-state index in [1.54, 1.807) is 0 Å². The maximum Gasteiger partial charge on any atom is 0.309 e. The Morgan fingerprint density at radius 3 is 2.75 bits per heavy atom. The predicted molar refractivity (Wildman–Crippen MR) is 61.3 cm³/mol. The van der Waals surface area contributed by atoms with Crippen LogP contribution in [-0.4, -0.2) is 23.3 Å². The number of hydrogen-bond donors (Lipinski definition) is 1. The van der Waals surface area contributed by atoms with Gasteiger partial charge in [0, 0.05) is 0 Å². The first kappa shape index (κ1) is 11.9. The van der Waals surface area contributed by atoms with Crippen molar-refractivity contribution in [3.63, 3.8) is 0 Å². The number of aliphatic carboxylic acids is 1. The summed E-state index contributed by atoms with van der Waals surface area (Å²) in [5, 5.41) is 9.28. The fourth-order valence-electron chi connectivity index (χ4n) is 3.19. The second-order valence-electron chi connectivity index (χ2n) is 5.24. The Labute approximate surface area is 97.2 Å². The molecule has 2 aliphatic rings. The van der Waals surface area contributed by atoms with Crippen molar-refractivity contribution >= 4 is 5.97 Å². The summed E-state index contributed by atoms with van der Waals surface area (Å²) in [6.45, 7) is 2.14. The van der Waals surface area contributed by atoms with E-state index in [-0.39, 0.29) is 12.0 Å². The zero-order valence-electron chi connectivity index (χ0n) is 10.0. The average molecular weight is 226 g/mol. The van der Waals surface area contributed by atoms with Gasteiger partial charge in [-0.1, -0.05) is 26.2 Å². The Morgan fingerprint density at radius 1 is 1.44 bits per heavy atom. The molecule has 92 valence electrons. The molecule has 1 saturated heterocycles. The van der Waals surface area contributed by atoms with Crippen LogP contribution in [-0.2, 0) is 9.53 Å². The SMILES string of the molecule is CCCCCC(C(=O)O)C1OC2CCC1C2. The molecule has 2 rings (SSSR count). The number of hydrogen-bond acceptors (Lipinski definition) is 2. The van der Waals surface area contributed by atoms with Gasteiger partial charge in [0.15, 0.2) is 0 Å². The Bertz CT molecular complexity index is 252. The van der Waals surface area contributed by atoms with Crippen molar-refractivity contribution < 1.29 is 14.6 Å². The van der Waals surface area contributed by atoms with Gasteiger partial charge in [-0.05, 0) is 31.6 Å². The maximum absolute atomic E-state index is 11.3. The van der Waals surface area contributed by atoms with Crippen LogP contribution in [0, 0.1) is 11.8 Å².